The van der Waals surface area contributed by atoms with E-state index in [1.54, 1.807) is 12.2 Å². The Bertz CT molecular complexity index is 1190. The summed E-state index contributed by atoms with van der Waals surface area (Å²) in [6.07, 6.45) is 11.3. The van der Waals surface area contributed by atoms with Crippen molar-refractivity contribution in [2.45, 2.75) is 62.3 Å². The van der Waals surface area contributed by atoms with Crippen molar-refractivity contribution in [2.75, 3.05) is 26.5 Å². The van der Waals surface area contributed by atoms with Gasteiger partial charge in [0.1, 0.15) is 12.7 Å². The minimum atomic E-state index is -1.58. The van der Waals surface area contributed by atoms with Gasteiger partial charge in [0, 0.05) is 38.5 Å². The van der Waals surface area contributed by atoms with Gasteiger partial charge in [-0.25, -0.2) is 9.59 Å². The second kappa shape index (κ2) is 12.2. The number of rotatable bonds is 8. The van der Waals surface area contributed by atoms with Gasteiger partial charge < -0.3 is 35.8 Å². The lowest BCUT2D eigenvalue weighted by Gasteiger charge is -2.47. The van der Waals surface area contributed by atoms with Gasteiger partial charge in [-0.15, -0.1) is 0 Å². The molecule has 0 aliphatic carbocycles. The highest BCUT2D eigenvalue weighted by molar-refractivity contribution is 5.91. The van der Waals surface area contributed by atoms with Crippen LogP contribution < -0.4 is 12.4 Å². The van der Waals surface area contributed by atoms with Crippen LogP contribution in [0, 0.1) is 0 Å². The SMILES string of the molecule is O=C(OCOC(C(=O)OC1CC2CCC(C1)[N+]21CCCC1)(c1ccccc1)c1ccccc1)C1=CCOC=C1.[Cl-]. The molecule has 40 heavy (non-hydrogen) atoms. The fourth-order valence-electron chi connectivity index (χ4n) is 7.30. The second-order valence-electron chi connectivity index (χ2n) is 11.0. The zero-order valence-corrected chi connectivity index (χ0v) is 23.3. The number of carbonyl (C=O) groups excluding carboxylic acids is 2. The Morgan fingerprint density at radius 1 is 0.900 bits per heavy atom. The van der Waals surface area contributed by atoms with Crippen molar-refractivity contribution in [2.24, 2.45) is 0 Å². The number of ether oxygens (including phenoxy) is 4. The Morgan fingerprint density at radius 3 is 2.05 bits per heavy atom. The van der Waals surface area contributed by atoms with E-state index in [1.807, 2.05) is 60.7 Å². The van der Waals surface area contributed by atoms with E-state index < -0.39 is 24.3 Å². The maximum atomic E-state index is 14.3. The fourth-order valence-corrected chi connectivity index (χ4v) is 7.30. The molecular formula is C32H36ClNO6. The summed E-state index contributed by atoms with van der Waals surface area (Å²) >= 11 is 0. The number of hydrogen-bond donors (Lipinski definition) is 0. The molecule has 212 valence electrons. The largest absolute Gasteiger partial charge is 1.00 e. The maximum absolute atomic E-state index is 14.3. The van der Waals surface area contributed by atoms with Crippen LogP contribution in [-0.2, 0) is 34.1 Å². The Balaban J connectivity index is 0.00000323. The first-order chi connectivity index (χ1) is 19.1. The predicted octanol–water partition coefficient (Wildman–Crippen LogP) is 1.77. The molecule has 0 radical (unpaired) electrons. The van der Waals surface area contributed by atoms with E-state index in [2.05, 4.69) is 0 Å². The molecule has 2 aromatic carbocycles. The average Bonchev–Trinajstić information content (AvgIpc) is 3.53. The summed E-state index contributed by atoms with van der Waals surface area (Å²) < 4.78 is 24.5. The lowest BCUT2D eigenvalue weighted by atomic mass is 9.85. The zero-order chi connectivity index (χ0) is 26.7. The highest BCUT2D eigenvalue weighted by Crippen LogP contribution is 2.47. The van der Waals surface area contributed by atoms with Crippen LogP contribution in [0.2, 0.25) is 0 Å². The molecule has 8 heteroatoms. The van der Waals surface area contributed by atoms with E-state index in [9.17, 15) is 9.59 Å². The molecule has 4 aliphatic rings. The van der Waals surface area contributed by atoms with Crippen LogP contribution >= 0.6 is 0 Å². The van der Waals surface area contributed by atoms with Crippen molar-refractivity contribution < 1.29 is 45.4 Å². The van der Waals surface area contributed by atoms with E-state index in [1.165, 1.54) is 49.5 Å². The summed E-state index contributed by atoms with van der Waals surface area (Å²) in [5, 5.41) is 0. The molecule has 2 bridgehead atoms. The molecular weight excluding hydrogens is 530 g/mol. The van der Waals surface area contributed by atoms with E-state index in [0.717, 1.165) is 12.8 Å². The van der Waals surface area contributed by atoms with Crippen molar-refractivity contribution in [1.29, 1.82) is 0 Å². The summed E-state index contributed by atoms with van der Waals surface area (Å²) in [5.41, 5.74) is 0.0571. The van der Waals surface area contributed by atoms with Gasteiger partial charge in [-0.2, -0.15) is 0 Å². The monoisotopic (exact) mass is 565 g/mol. The standard InChI is InChI=1S/C32H36NO6.ClH/c34-30(24-15-19-36-20-16-24)37-23-38-32(25-9-3-1-4-10-25,26-11-5-2-6-12-26)31(35)39-29-21-27-13-14-28(22-29)33(27)17-7-8-18-33;/h1-6,9-12,15-16,19,27-29H,7-8,13-14,17-18,20-23H2;1H/q+1;/p-1. The van der Waals surface area contributed by atoms with E-state index in [0.29, 0.717) is 35.4 Å². The van der Waals surface area contributed by atoms with Gasteiger partial charge in [-0.05, 0) is 23.3 Å². The Labute approximate surface area is 241 Å². The number of piperidine rings is 1. The number of halogens is 1. The number of esters is 2. The summed E-state index contributed by atoms with van der Waals surface area (Å²) in [4.78, 5) is 27.0. The van der Waals surface area contributed by atoms with Gasteiger partial charge in [-0.1, -0.05) is 60.7 Å². The predicted molar refractivity (Wildman–Crippen MR) is 144 cm³/mol. The van der Waals surface area contributed by atoms with Gasteiger partial charge in [0.25, 0.3) is 0 Å². The lowest BCUT2D eigenvalue weighted by Crippen LogP contribution is -3.00. The molecule has 6 rings (SSSR count). The molecule has 2 unspecified atom stereocenters. The van der Waals surface area contributed by atoms with Crippen LogP contribution in [0.1, 0.15) is 49.7 Å². The zero-order valence-electron chi connectivity index (χ0n) is 22.6. The van der Waals surface area contributed by atoms with Crippen LogP contribution in [0.25, 0.3) is 0 Å². The molecule has 1 spiro atoms. The molecule has 7 nitrogen and oxygen atoms in total. The molecule has 4 aliphatic heterocycles. The summed E-state index contributed by atoms with van der Waals surface area (Å²) in [7, 11) is 0. The van der Waals surface area contributed by atoms with E-state index in [4.69, 9.17) is 18.9 Å². The van der Waals surface area contributed by atoms with Gasteiger partial charge in [0.15, 0.2) is 6.79 Å². The molecule has 0 amide bonds. The summed E-state index contributed by atoms with van der Waals surface area (Å²) in [5.74, 6) is -1.01. The normalized spacial score (nSPS) is 24.5. The molecule has 4 heterocycles. The van der Waals surface area contributed by atoms with Gasteiger partial charge in [0.05, 0.1) is 37.0 Å². The van der Waals surface area contributed by atoms with E-state index in [-0.39, 0.29) is 18.5 Å². The number of quaternary nitrogens is 1. The van der Waals surface area contributed by atoms with Crippen LogP contribution in [0.4, 0.5) is 0 Å². The average molecular weight is 566 g/mol. The van der Waals surface area contributed by atoms with Crippen molar-refractivity contribution in [1.82, 2.24) is 0 Å². The third-order valence-corrected chi connectivity index (χ3v) is 9.12. The highest BCUT2D eigenvalue weighted by Gasteiger charge is 2.57. The molecule has 3 saturated heterocycles. The number of nitrogens with zero attached hydrogens (tertiary/aromatic N) is 1. The Morgan fingerprint density at radius 2 is 1.50 bits per heavy atom. The topological polar surface area (TPSA) is 71.1 Å². The molecule has 0 N–H and O–H groups in total. The van der Waals surface area contributed by atoms with Crippen LogP contribution in [-0.4, -0.2) is 61.1 Å². The van der Waals surface area contributed by atoms with Crippen LogP contribution in [0.15, 0.2) is 84.7 Å². The smallest absolute Gasteiger partial charge is 0.348 e. The van der Waals surface area contributed by atoms with Crippen molar-refractivity contribution in [3.8, 4) is 0 Å². The molecule has 0 aromatic heterocycles. The number of benzene rings is 2. The van der Waals surface area contributed by atoms with Crippen LogP contribution in [0.3, 0.4) is 0 Å². The van der Waals surface area contributed by atoms with Gasteiger partial charge in [0.2, 0.25) is 5.60 Å². The van der Waals surface area contributed by atoms with Crippen molar-refractivity contribution in [3.63, 3.8) is 0 Å². The molecule has 3 fully saturated rings. The number of hydrogen-bond acceptors (Lipinski definition) is 6. The molecule has 2 aromatic rings. The first-order valence-electron chi connectivity index (χ1n) is 14.1. The first kappa shape index (κ1) is 28.4. The lowest BCUT2D eigenvalue weighted by molar-refractivity contribution is -0.956. The maximum Gasteiger partial charge on any atom is 0.348 e. The minimum Gasteiger partial charge on any atom is -1.00 e. The Kier molecular flexibility index (Phi) is 8.64. The van der Waals surface area contributed by atoms with E-state index >= 15 is 0 Å². The third kappa shape index (κ3) is 5.18. The first-order valence-corrected chi connectivity index (χ1v) is 14.1. The number of carbonyl (C=O) groups is 2. The van der Waals surface area contributed by atoms with Crippen molar-refractivity contribution >= 4 is 11.9 Å². The summed E-state index contributed by atoms with van der Waals surface area (Å²) in [6.45, 7) is 2.41. The van der Waals surface area contributed by atoms with Crippen LogP contribution in [0.5, 0.6) is 0 Å². The summed E-state index contributed by atoms with van der Waals surface area (Å²) in [6, 6.07) is 19.8. The van der Waals surface area contributed by atoms with Crippen molar-refractivity contribution in [3.05, 3.63) is 95.8 Å². The fraction of sp³-hybridized carbons (Fsp3) is 0.438. The van der Waals surface area contributed by atoms with Gasteiger partial charge in [-0.3, -0.25) is 0 Å². The second-order valence-corrected chi connectivity index (χ2v) is 11.0. The minimum absolute atomic E-state index is 0. The van der Waals surface area contributed by atoms with Gasteiger partial charge >= 0.3 is 11.9 Å². The quantitative estimate of drug-likeness (QED) is 0.276. The molecule has 2 atom stereocenters. The third-order valence-electron chi connectivity index (χ3n) is 9.12. The highest BCUT2D eigenvalue weighted by atomic mass is 35.5. The Hall–Kier alpha value is -3.13. The molecule has 0 saturated carbocycles.